The Kier molecular flexibility index (Phi) is 5.36. The van der Waals surface area contributed by atoms with Crippen LogP contribution in [-0.4, -0.2) is 23.3 Å². The van der Waals surface area contributed by atoms with Crippen molar-refractivity contribution in [3.63, 3.8) is 0 Å². The first-order valence-electron chi connectivity index (χ1n) is 7.92. The number of anilines is 1. The lowest BCUT2D eigenvalue weighted by molar-refractivity contribution is -0.133. The average molecular weight is 407 g/mol. The third-order valence-electron chi connectivity index (χ3n) is 4.12. The van der Waals surface area contributed by atoms with Crippen LogP contribution < -0.4 is 5.32 Å². The predicted molar refractivity (Wildman–Crippen MR) is 100 cm³/mol. The molecule has 3 rings (SSSR count). The molecular weight excluding hydrogens is 388 g/mol. The van der Waals surface area contributed by atoms with E-state index in [4.69, 9.17) is 0 Å². The quantitative estimate of drug-likeness (QED) is 0.829. The fraction of sp³-hybridized carbons (Fsp3) is 0.333. The minimum Gasteiger partial charge on any atom is -0.338 e. The van der Waals surface area contributed by atoms with E-state index in [9.17, 15) is 9.59 Å². The van der Waals surface area contributed by atoms with Gasteiger partial charge in [-0.3, -0.25) is 9.59 Å². The standard InChI is InChI=1S/C18H19BrN2O2S/c1-12-2-3-15(14(19)10-12)20-17(22)4-5-18(23)21-8-6-16-13(11-21)7-9-24-16/h2-3,7,9-10H,4-6,8,11H2,1H3,(H,20,22). The van der Waals surface area contributed by atoms with E-state index in [-0.39, 0.29) is 24.7 Å². The molecule has 6 heteroatoms. The van der Waals surface area contributed by atoms with Crippen molar-refractivity contribution in [1.29, 1.82) is 0 Å². The molecule has 0 saturated heterocycles. The number of thiophene rings is 1. The van der Waals surface area contributed by atoms with Gasteiger partial charge in [-0.25, -0.2) is 0 Å². The molecule has 0 unspecified atom stereocenters. The second-order valence-corrected chi connectivity index (χ2v) is 7.82. The second-order valence-electron chi connectivity index (χ2n) is 5.97. The monoisotopic (exact) mass is 406 g/mol. The smallest absolute Gasteiger partial charge is 0.224 e. The van der Waals surface area contributed by atoms with Gasteiger partial charge in [0.25, 0.3) is 0 Å². The van der Waals surface area contributed by atoms with Crippen molar-refractivity contribution in [2.24, 2.45) is 0 Å². The summed E-state index contributed by atoms with van der Waals surface area (Å²) in [5.74, 6) is -0.0916. The van der Waals surface area contributed by atoms with Gasteiger partial charge < -0.3 is 10.2 Å². The second kappa shape index (κ2) is 7.49. The summed E-state index contributed by atoms with van der Waals surface area (Å²) in [7, 11) is 0. The Labute approximate surface area is 154 Å². The molecule has 0 aliphatic carbocycles. The molecule has 126 valence electrons. The maximum absolute atomic E-state index is 12.3. The zero-order valence-corrected chi connectivity index (χ0v) is 15.9. The maximum Gasteiger partial charge on any atom is 0.224 e. The average Bonchev–Trinajstić information content (AvgIpc) is 3.03. The highest BCUT2D eigenvalue weighted by Gasteiger charge is 2.21. The van der Waals surface area contributed by atoms with Crippen molar-refractivity contribution in [3.8, 4) is 0 Å². The Morgan fingerprint density at radius 1 is 1.29 bits per heavy atom. The van der Waals surface area contributed by atoms with Gasteiger partial charge in [-0.05, 0) is 64.0 Å². The van der Waals surface area contributed by atoms with Crippen molar-refractivity contribution in [2.45, 2.75) is 32.7 Å². The van der Waals surface area contributed by atoms with Crippen LogP contribution in [0.15, 0.2) is 34.1 Å². The number of halogens is 1. The summed E-state index contributed by atoms with van der Waals surface area (Å²) >= 11 is 5.20. The van der Waals surface area contributed by atoms with Gasteiger partial charge in [-0.1, -0.05) is 6.07 Å². The molecule has 0 spiro atoms. The number of amides is 2. The number of rotatable bonds is 4. The Bertz CT molecular complexity index is 772. The number of nitrogens with one attached hydrogen (secondary N) is 1. The molecule has 0 saturated carbocycles. The minimum atomic E-state index is -0.138. The highest BCUT2D eigenvalue weighted by atomic mass is 79.9. The lowest BCUT2D eigenvalue weighted by atomic mass is 10.1. The van der Waals surface area contributed by atoms with Gasteiger partial charge in [0.2, 0.25) is 11.8 Å². The largest absolute Gasteiger partial charge is 0.338 e. The Morgan fingerprint density at radius 2 is 2.12 bits per heavy atom. The summed E-state index contributed by atoms with van der Waals surface area (Å²) in [6.07, 6.45) is 1.36. The highest BCUT2D eigenvalue weighted by molar-refractivity contribution is 9.10. The molecule has 4 nitrogen and oxygen atoms in total. The van der Waals surface area contributed by atoms with E-state index in [1.807, 2.05) is 30.0 Å². The van der Waals surface area contributed by atoms with Crippen molar-refractivity contribution in [3.05, 3.63) is 50.1 Å². The molecule has 24 heavy (non-hydrogen) atoms. The van der Waals surface area contributed by atoms with Crippen molar-refractivity contribution >= 4 is 44.8 Å². The van der Waals surface area contributed by atoms with E-state index in [0.717, 1.165) is 28.7 Å². The van der Waals surface area contributed by atoms with Crippen LogP contribution in [0.5, 0.6) is 0 Å². The lowest BCUT2D eigenvalue weighted by Crippen LogP contribution is -2.35. The molecular formula is C18H19BrN2O2S. The van der Waals surface area contributed by atoms with E-state index in [1.165, 1.54) is 10.4 Å². The Balaban J connectivity index is 1.50. The Morgan fingerprint density at radius 3 is 2.92 bits per heavy atom. The first-order valence-corrected chi connectivity index (χ1v) is 9.59. The summed E-state index contributed by atoms with van der Waals surface area (Å²) in [6.45, 7) is 3.41. The maximum atomic E-state index is 12.3. The molecule has 2 amide bonds. The normalized spacial score (nSPS) is 13.5. The van der Waals surface area contributed by atoms with Crippen LogP contribution in [0.1, 0.15) is 28.8 Å². The van der Waals surface area contributed by atoms with Gasteiger partial charge in [0.05, 0.1) is 5.69 Å². The SMILES string of the molecule is Cc1ccc(NC(=O)CCC(=O)N2CCc3sccc3C2)c(Br)c1. The summed E-state index contributed by atoms with van der Waals surface area (Å²) in [5, 5.41) is 4.93. The number of benzene rings is 1. The molecule has 0 bridgehead atoms. The van der Waals surface area contributed by atoms with Gasteiger partial charge in [0.15, 0.2) is 0 Å². The fourth-order valence-electron chi connectivity index (χ4n) is 2.77. The predicted octanol–water partition coefficient (Wildman–Crippen LogP) is 4.12. The Hall–Kier alpha value is -1.66. The van der Waals surface area contributed by atoms with E-state index in [2.05, 4.69) is 32.7 Å². The van der Waals surface area contributed by atoms with Gasteiger partial charge in [-0.15, -0.1) is 11.3 Å². The summed E-state index contributed by atoms with van der Waals surface area (Å²) in [5.41, 5.74) is 3.10. The molecule has 1 N–H and O–H groups in total. The van der Waals surface area contributed by atoms with Crippen molar-refractivity contribution in [1.82, 2.24) is 4.90 Å². The van der Waals surface area contributed by atoms with Crippen LogP contribution in [-0.2, 0) is 22.6 Å². The zero-order valence-electron chi connectivity index (χ0n) is 13.5. The van der Waals surface area contributed by atoms with Crippen LogP contribution in [0, 0.1) is 6.92 Å². The van der Waals surface area contributed by atoms with Gasteiger partial charge >= 0.3 is 0 Å². The number of aryl methyl sites for hydroxylation is 1. The number of fused-ring (bicyclic) bond motifs is 1. The molecule has 1 aromatic carbocycles. The highest BCUT2D eigenvalue weighted by Crippen LogP contribution is 2.25. The first kappa shape index (κ1) is 17.2. The van der Waals surface area contributed by atoms with E-state index in [1.54, 1.807) is 11.3 Å². The molecule has 0 radical (unpaired) electrons. The lowest BCUT2D eigenvalue weighted by Gasteiger charge is -2.27. The third kappa shape index (κ3) is 4.05. The molecule has 1 aliphatic heterocycles. The molecule has 2 aromatic rings. The number of carbonyl (C=O) groups is 2. The van der Waals surface area contributed by atoms with Gasteiger partial charge in [0, 0.05) is 35.3 Å². The molecule has 1 aromatic heterocycles. The number of hydrogen-bond donors (Lipinski definition) is 1. The van der Waals surface area contributed by atoms with Crippen LogP contribution in [0.3, 0.4) is 0 Å². The van der Waals surface area contributed by atoms with Crippen LogP contribution in [0.2, 0.25) is 0 Å². The van der Waals surface area contributed by atoms with Crippen molar-refractivity contribution < 1.29 is 9.59 Å². The summed E-state index contributed by atoms with van der Waals surface area (Å²) in [6, 6.07) is 7.84. The van der Waals surface area contributed by atoms with Gasteiger partial charge in [-0.2, -0.15) is 0 Å². The first-order chi connectivity index (χ1) is 11.5. The van der Waals surface area contributed by atoms with Crippen molar-refractivity contribution in [2.75, 3.05) is 11.9 Å². The minimum absolute atomic E-state index is 0.0463. The fourth-order valence-corrected chi connectivity index (χ4v) is 4.26. The van der Waals surface area contributed by atoms with Crippen LogP contribution in [0.25, 0.3) is 0 Å². The zero-order chi connectivity index (χ0) is 17.1. The molecule has 2 heterocycles. The number of nitrogens with zero attached hydrogens (tertiary/aromatic N) is 1. The van der Waals surface area contributed by atoms with E-state index >= 15 is 0 Å². The molecule has 0 atom stereocenters. The third-order valence-corrected chi connectivity index (χ3v) is 5.80. The number of hydrogen-bond acceptors (Lipinski definition) is 3. The van der Waals surface area contributed by atoms with E-state index < -0.39 is 0 Å². The van der Waals surface area contributed by atoms with Gasteiger partial charge in [0.1, 0.15) is 0 Å². The van der Waals surface area contributed by atoms with E-state index in [0.29, 0.717) is 6.54 Å². The van der Waals surface area contributed by atoms with Crippen LogP contribution >= 0.6 is 27.3 Å². The molecule has 0 fully saturated rings. The summed E-state index contributed by atoms with van der Waals surface area (Å²) in [4.78, 5) is 27.7. The van der Waals surface area contributed by atoms with Crippen LogP contribution in [0.4, 0.5) is 5.69 Å². The number of carbonyl (C=O) groups excluding carboxylic acids is 2. The topological polar surface area (TPSA) is 49.4 Å². The molecule has 1 aliphatic rings. The summed E-state index contributed by atoms with van der Waals surface area (Å²) < 4.78 is 0.850.